The first-order valence-electron chi connectivity index (χ1n) is 7.48. The van der Waals surface area contributed by atoms with Crippen LogP contribution in [-0.2, 0) is 11.2 Å². The molecule has 1 aromatic carbocycles. The Balaban J connectivity index is 2.02. The van der Waals surface area contributed by atoms with Gasteiger partial charge < -0.3 is 19.9 Å². The van der Waals surface area contributed by atoms with Gasteiger partial charge >= 0.3 is 0 Å². The molecule has 2 rings (SSSR count). The fourth-order valence-electron chi connectivity index (χ4n) is 2.72. The Bertz CT molecular complexity index is 434. The van der Waals surface area contributed by atoms with Gasteiger partial charge in [-0.2, -0.15) is 0 Å². The van der Waals surface area contributed by atoms with Gasteiger partial charge in [-0.25, -0.2) is 0 Å². The predicted molar refractivity (Wildman–Crippen MR) is 83.1 cm³/mol. The van der Waals surface area contributed by atoms with E-state index in [-0.39, 0.29) is 0 Å². The summed E-state index contributed by atoms with van der Waals surface area (Å²) in [6.45, 7) is 5.29. The highest BCUT2D eigenvalue weighted by molar-refractivity contribution is 5.40. The quantitative estimate of drug-likeness (QED) is 0.817. The van der Waals surface area contributed by atoms with Crippen LogP contribution in [0.25, 0.3) is 0 Å². The minimum atomic E-state index is 0.407. The lowest BCUT2D eigenvalue weighted by atomic mass is 9.97. The van der Waals surface area contributed by atoms with Gasteiger partial charge in [-0.3, -0.25) is 4.90 Å². The van der Waals surface area contributed by atoms with Crippen molar-refractivity contribution < 1.29 is 14.2 Å². The van der Waals surface area contributed by atoms with E-state index in [0.29, 0.717) is 12.5 Å². The summed E-state index contributed by atoms with van der Waals surface area (Å²) in [7, 11) is 3.38. The van der Waals surface area contributed by atoms with Crippen LogP contribution in [0.5, 0.6) is 11.5 Å². The van der Waals surface area contributed by atoms with E-state index < -0.39 is 0 Å². The standard InChI is InChI=1S/C16H26N2O3/c1-19-15-3-4-16(20-2)14(10-15)9-13(11-17)12-18-5-7-21-8-6-18/h3-4,10,13H,5-9,11-12,17H2,1-2H3. The smallest absolute Gasteiger partial charge is 0.122 e. The Morgan fingerprint density at radius 1 is 1.24 bits per heavy atom. The molecular formula is C16H26N2O3. The number of methoxy groups -OCH3 is 2. The predicted octanol–water partition coefficient (Wildman–Crippen LogP) is 1.15. The van der Waals surface area contributed by atoms with Crippen LogP contribution in [0.4, 0.5) is 0 Å². The van der Waals surface area contributed by atoms with Gasteiger partial charge in [0.2, 0.25) is 0 Å². The Morgan fingerprint density at radius 2 is 2.00 bits per heavy atom. The molecule has 1 saturated heterocycles. The highest BCUT2D eigenvalue weighted by Gasteiger charge is 2.18. The number of hydrogen-bond donors (Lipinski definition) is 1. The Kier molecular flexibility index (Phi) is 6.29. The molecule has 0 aliphatic carbocycles. The summed E-state index contributed by atoms with van der Waals surface area (Å²) >= 11 is 0. The first-order valence-corrected chi connectivity index (χ1v) is 7.48. The largest absolute Gasteiger partial charge is 0.497 e. The molecule has 0 saturated carbocycles. The van der Waals surface area contributed by atoms with Crippen molar-refractivity contribution in [3.8, 4) is 11.5 Å². The van der Waals surface area contributed by atoms with Crippen LogP contribution >= 0.6 is 0 Å². The van der Waals surface area contributed by atoms with Gasteiger partial charge in [-0.1, -0.05) is 0 Å². The third-order valence-corrected chi connectivity index (χ3v) is 3.95. The molecule has 1 fully saturated rings. The number of benzene rings is 1. The van der Waals surface area contributed by atoms with Gasteiger partial charge in [-0.05, 0) is 42.6 Å². The van der Waals surface area contributed by atoms with Crippen molar-refractivity contribution in [2.45, 2.75) is 6.42 Å². The van der Waals surface area contributed by atoms with Crippen LogP contribution in [0.1, 0.15) is 5.56 Å². The monoisotopic (exact) mass is 294 g/mol. The molecule has 2 N–H and O–H groups in total. The van der Waals surface area contributed by atoms with Crippen LogP contribution < -0.4 is 15.2 Å². The Morgan fingerprint density at radius 3 is 2.62 bits per heavy atom. The molecule has 1 aromatic rings. The number of nitrogens with two attached hydrogens (primary N) is 1. The van der Waals surface area contributed by atoms with Crippen molar-refractivity contribution in [3.63, 3.8) is 0 Å². The third-order valence-electron chi connectivity index (χ3n) is 3.95. The topological polar surface area (TPSA) is 57.0 Å². The molecule has 21 heavy (non-hydrogen) atoms. The maximum atomic E-state index is 5.97. The molecule has 0 bridgehead atoms. The van der Waals surface area contributed by atoms with E-state index in [2.05, 4.69) is 4.90 Å². The number of rotatable bonds is 7. The fourth-order valence-corrected chi connectivity index (χ4v) is 2.72. The van der Waals surface area contributed by atoms with E-state index >= 15 is 0 Å². The zero-order chi connectivity index (χ0) is 15.1. The lowest BCUT2D eigenvalue weighted by Gasteiger charge is -2.30. The lowest BCUT2D eigenvalue weighted by Crippen LogP contribution is -2.41. The maximum Gasteiger partial charge on any atom is 0.122 e. The van der Waals surface area contributed by atoms with Crippen LogP contribution in [0.2, 0.25) is 0 Å². The molecule has 0 radical (unpaired) electrons. The minimum absolute atomic E-state index is 0.407. The normalized spacial score (nSPS) is 17.5. The zero-order valence-corrected chi connectivity index (χ0v) is 13.0. The average Bonchev–Trinajstić information content (AvgIpc) is 2.55. The van der Waals surface area contributed by atoms with E-state index in [4.69, 9.17) is 19.9 Å². The number of ether oxygens (including phenoxy) is 3. The van der Waals surface area contributed by atoms with Crippen molar-refractivity contribution in [2.24, 2.45) is 11.7 Å². The maximum absolute atomic E-state index is 5.97. The first kappa shape index (κ1) is 16.1. The molecule has 5 nitrogen and oxygen atoms in total. The van der Waals surface area contributed by atoms with E-state index in [1.165, 1.54) is 0 Å². The van der Waals surface area contributed by atoms with Crippen molar-refractivity contribution in [3.05, 3.63) is 23.8 Å². The molecule has 1 unspecified atom stereocenters. The molecule has 5 heteroatoms. The molecule has 1 aliphatic heterocycles. The van der Waals surface area contributed by atoms with Crippen molar-refractivity contribution in [2.75, 3.05) is 53.6 Å². The molecule has 1 aliphatic rings. The minimum Gasteiger partial charge on any atom is -0.497 e. The molecule has 118 valence electrons. The second kappa shape index (κ2) is 8.22. The third kappa shape index (κ3) is 4.59. The number of hydrogen-bond acceptors (Lipinski definition) is 5. The fraction of sp³-hybridized carbons (Fsp3) is 0.625. The van der Waals surface area contributed by atoms with Crippen LogP contribution in [-0.4, -0.2) is 58.5 Å². The van der Waals surface area contributed by atoms with Crippen molar-refractivity contribution in [1.82, 2.24) is 4.90 Å². The van der Waals surface area contributed by atoms with Crippen LogP contribution in [0, 0.1) is 5.92 Å². The SMILES string of the molecule is COc1ccc(OC)c(CC(CN)CN2CCOCC2)c1. The van der Waals surface area contributed by atoms with E-state index in [1.54, 1.807) is 14.2 Å². The molecule has 0 amide bonds. The molecule has 1 heterocycles. The summed E-state index contributed by atoms with van der Waals surface area (Å²) in [5.74, 6) is 2.16. The van der Waals surface area contributed by atoms with Crippen LogP contribution in [0.15, 0.2) is 18.2 Å². The van der Waals surface area contributed by atoms with Crippen LogP contribution in [0.3, 0.4) is 0 Å². The first-order chi connectivity index (χ1) is 10.3. The zero-order valence-electron chi connectivity index (χ0n) is 13.0. The van der Waals surface area contributed by atoms with Gasteiger partial charge in [0, 0.05) is 19.6 Å². The molecular weight excluding hydrogens is 268 g/mol. The van der Waals surface area contributed by atoms with Gasteiger partial charge in [0.15, 0.2) is 0 Å². The Hall–Kier alpha value is -1.30. The second-order valence-electron chi connectivity index (χ2n) is 5.40. The number of morpholine rings is 1. The summed E-state index contributed by atoms with van der Waals surface area (Å²) in [6, 6.07) is 5.92. The average molecular weight is 294 g/mol. The van der Waals surface area contributed by atoms with Crippen molar-refractivity contribution in [1.29, 1.82) is 0 Å². The molecule has 0 spiro atoms. The molecule has 1 atom stereocenters. The molecule has 0 aromatic heterocycles. The van der Waals surface area contributed by atoms with Gasteiger partial charge in [0.1, 0.15) is 11.5 Å². The number of nitrogens with zero attached hydrogens (tertiary/aromatic N) is 1. The van der Waals surface area contributed by atoms with E-state index in [1.807, 2.05) is 18.2 Å². The Labute approximate surface area is 127 Å². The summed E-state index contributed by atoms with van der Waals surface area (Å²) in [5, 5.41) is 0. The van der Waals surface area contributed by atoms with Gasteiger partial charge in [-0.15, -0.1) is 0 Å². The van der Waals surface area contributed by atoms with E-state index in [9.17, 15) is 0 Å². The van der Waals surface area contributed by atoms with E-state index in [0.717, 1.165) is 56.3 Å². The summed E-state index contributed by atoms with van der Waals surface area (Å²) in [5.41, 5.74) is 7.12. The summed E-state index contributed by atoms with van der Waals surface area (Å²) in [6.07, 6.45) is 0.897. The van der Waals surface area contributed by atoms with Gasteiger partial charge in [0.25, 0.3) is 0 Å². The lowest BCUT2D eigenvalue weighted by molar-refractivity contribution is 0.0311. The summed E-state index contributed by atoms with van der Waals surface area (Å²) < 4.78 is 16.1. The highest BCUT2D eigenvalue weighted by Crippen LogP contribution is 2.26. The van der Waals surface area contributed by atoms with Gasteiger partial charge in [0.05, 0.1) is 27.4 Å². The summed E-state index contributed by atoms with van der Waals surface area (Å²) in [4.78, 5) is 2.42. The second-order valence-corrected chi connectivity index (χ2v) is 5.40. The van der Waals surface area contributed by atoms with Crippen molar-refractivity contribution >= 4 is 0 Å². The highest BCUT2D eigenvalue weighted by atomic mass is 16.5.